The van der Waals surface area contributed by atoms with Gasteiger partial charge < -0.3 is 19.7 Å². The van der Waals surface area contributed by atoms with Crippen LogP contribution in [0, 0.1) is 6.92 Å². The summed E-state index contributed by atoms with van der Waals surface area (Å²) < 4.78 is 11.9. The van der Waals surface area contributed by atoms with Crippen LogP contribution in [0.4, 0.5) is 4.79 Å². The number of aromatic nitrogens is 2. The second kappa shape index (κ2) is 14.8. The summed E-state index contributed by atoms with van der Waals surface area (Å²) in [6.07, 6.45) is 1.52. The van der Waals surface area contributed by atoms with Gasteiger partial charge in [0, 0.05) is 24.8 Å². The molecule has 0 spiro atoms. The average Bonchev–Trinajstić information content (AvgIpc) is 2.97. The maximum Gasteiger partial charge on any atom is 0.407 e. The average molecular weight is 605 g/mol. The summed E-state index contributed by atoms with van der Waals surface area (Å²) in [6.45, 7) is 13.5. The van der Waals surface area contributed by atoms with Crippen LogP contribution in [0.1, 0.15) is 92.1 Å². The van der Waals surface area contributed by atoms with Gasteiger partial charge in [0.25, 0.3) is 11.5 Å². The molecule has 10 heteroatoms. The molecule has 2 amide bonds. The van der Waals surface area contributed by atoms with Crippen molar-refractivity contribution in [1.29, 1.82) is 0 Å². The van der Waals surface area contributed by atoms with E-state index >= 15 is 0 Å². The molecule has 0 bridgehead atoms. The Morgan fingerprint density at radius 2 is 1.64 bits per heavy atom. The van der Waals surface area contributed by atoms with Crippen molar-refractivity contribution >= 4 is 18.0 Å². The van der Waals surface area contributed by atoms with E-state index in [2.05, 4.69) is 10.3 Å². The summed E-state index contributed by atoms with van der Waals surface area (Å²) in [5.41, 5.74) is -0.113. The number of nitrogens with one attached hydrogen (secondary N) is 1. The predicted molar refractivity (Wildman–Crippen MR) is 169 cm³/mol. The van der Waals surface area contributed by atoms with Crippen molar-refractivity contribution in [2.24, 2.45) is 0 Å². The topological polar surface area (TPSA) is 120 Å². The van der Waals surface area contributed by atoms with Crippen LogP contribution in [-0.2, 0) is 21.6 Å². The minimum atomic E-state index is -1.07. The van der Waals surface area contributed by atoms with Crippen molar-refractivity contribution in [2.45, 2.75) is 79.0 Å². The molecule has 0 aliphatic carbocycles. The Morgan fingerprint density at radius 3 is 2.23 bits per heavy atom. The highest BCUT2D eigenvalue weighted by molar-refractivity contribution is 5.95. The largest absolute Gasteiger partial charge is 0.462 e. The smallest absolute Gasteiger partial charge is 0.407 e. The number of carbonyl (C=O) groups excluding carboxylic acids is 3. The van der Waals surface area contributed by atoms with E-state index in [1.807, 2.05) is 63.2 Å². The molecule has 0 aliphatic heterocycles. The van der Waals surface area contributed by atoms with Crippen LogP contribution in [-0.4, -0.2) is 57.7 Å². The van der Waals surface area contributed by atoms with E-state index in [4.69, 9.17) is 9.47 Å². The Kier molecular flexibility index (Phi) is 11.5. The first-order chi connectivity index (χ1) is 20.8. The monoisotopic (exact) mass is 604 g/mol. The first-order valence-electron chi connectivity index (χ1n) is 15.0. The summed E-state index contributed by atoms with van der Waals surface area (Å²) in [7, 11) is 0. The lowest BCUT2D eigenvalue weighted by Gasteiger charge is -2.41. The summed E-state index contributed by atoms with van der Waals surface area (Å²) >= 11 is 0. The van der Waals surface area contributed by atoms with Crippen molar-refractivity contribution in [2.75, 3.05) is 19.7 Å². The fraction of sp³-hybridized carbons (Fsp3) is 0.441. The van der Waals surface area contributed by atoms with Gasteiger partial charge in [-0.3, -0.25) is 14.2 Å². The Hall–Kier alpha value is -4.47. The molecule has 3 rings (SSSR count). The molecule has 1 N–H and O–H groups in total. The molecule has 44 heavy (non-hydrogen) atoms. The molecule has 3 aromatic rings. The van der Waals surface area contributed by atoms with Crippen molar-refractivity contribution < 1.29 is 23.9 Å². The highest BCUT2D eigenvalue weighted by atomic mass is 16.6. The zero-order chi connectivity index (χ0) is 32.5. The lowest BCUT2D eigenvalue weighted by molar-refractivity contribution is 0.0430. The van der Waals surface area contributed by atoms with Gasteiger partial charge in [0.2, 0.25) is 0 Å². The summed E-state index contributed by atoms with van der Waals surface area (Å²) in [5.74, 6) is -0.665. The number of hydrogen-bond donors (Lipinski definition) is 1. The third kappa shape index (κ3) is 8.55. The minimum absolute atomic E-state index is 0.113. The number of benzene rings is 2. The van der Waals surface area contributed by atoms with Crippen LogP contribution in [0.25, 0.3) is 0 Å². The molecule has 1 atom stereocenters. The predicted octanol–water partition coefficient (Wildman–Crippen LogP) is 5.46. The Balaban J connectivity index is 2.09. The van der Waals surface area contributed by atoms with Gasteiger partial charge in [-0.25, -0.2) is 14.6 Å². The molecule has 236 valence electrons. The van der Waals surface area contributed by atoms with Crippen molar-refractivity contribution in [3.05, 3.63) is 99.2 Å². The van der Waals surface area contributed by atoms with E-state index in [0.29, 0.717) is 24.2 Å². The summed E-state index contributed by atoms with van der Waals surface area (Å²) in [5, 5.41) is 2.75. The number of hydrogen-bond acceptors (Lipinski definition) is 7. The van der Waals surface area contributed by atoms with E-state index in [1.165, 1.54) is 10.8 Å². The molecule has 1 heterocycles. The van der Waals surface area contributed by atoms with Gasteiger partial charge in [-0.15, -0.1) is 0 Å². The highest BCUT2D eigenvalue weighted by Crippen LogP contribution is 2.32. The molecule has 0 aliphatic rings. The van der Waals surface area contributed by atoms with Crippen LogP contribution in [0.3, 0.4) is 0 Å². The van der Waals surface area contributed by atoms with Gasteiger partial charge in [0.1, 0.15) is 17.0 Å². The van der Waals surface area contributed by atoms with Crippen LogP contribution < -0.4 is 10.9 Å². The van der Waals surface area contributed by atoms with Gasteiger partial charge in [-0.1, -0.05) is 55.0 Å². The summed E-state index contributed by atoms with van der Waals surface area (Å²) in [4.78, 5) is 59.4. The standard InChI is InChI=1S/C34H44N4O6/c1-8-34(7,31-36-22-27(30(41)43-9-2)29(40)37(31)23-25-14-11-10-12-15-25)38(28(39)26-18-16-24(3)17-19-26)21-13-20-35-32(42)44-33(4,5)6/h10-12,14-19,22H,8-9,13,20-21,23H2,1-7H3,(H,35,42). The maximum absolute atomic E-state index is 14.2. The van der Waals surface area contributed by atoms with Crippen LogP contribution in [0.2, 0.25) is 0 Å². The molecular weight excluding hydrogens is 560 g/mol. The normalized spacial score (nSPS) is 12.6. The molecule has 1 aromatic heterocycles. The van der Waals surface area contributed by atoms with Crippen molar-refractivity contribution in [3.8, 4) is 0 Å². The number of esters is 1. The molecule has 0 radical (unpaired) electrons. The second-order valence-corrected chi connectivity index (χ2v) is 11.8. The summed E-state index contributed by atoms with van der Waals surface area (Å²) in [6, 6.07) is 16.7. The van der Waals surface area contributed by atoms with Crippen molar-refractivity contribution in [1.82, 2.24) is 19.8 Å². The Morgan fingerprint density at radius 1 is 0.977 bits per heavy atom. The second-order valence-electron chi connectivity index (χ2n) is 11.8. The number of rotatable bonds is 12. The van der Waals surface area contributed by atoms with Crippen LogP contribution in [0.5, 0.6) is 0 Å². The Labute approximate surface area is 259 Å². The van der Waals surface area contributed by atoms with Crippen LogP contribution in [0.15, 0.2) is 65.6 Å². The first kappa shape index (κ1) is 34.0. The zero-order valence-electron chi connectivity index (χ0n) is 26.8. The minimum Gasteiger partial charge on any atom is -0.462 e. The molecule has 0 saturated carbocycles. The highest BCUT2D eigenvalue weighted by Gasteiger charge is 2.40. The Bertz CT molecular complexity index is 1490. The maximum atomic E-state index is 14.2. The molecule has 0 fully saturated rings. The van der Waals surface area contributed by atoms with E-state index in [1.54, 1.807) is 44.7 Å². The molecule has 1 unspecified atom stereocenters. The van der Waals surface area contributed by atoms with E-state index in [-0.39, 0.29) is 37.7 Å². The van der Waals surface area contributed by atoms with E-state index in [0.717, 1.165) is 11.1 Å². The van der Waals surface area contributed by atoms with Crippen molar-refractivity contribution in [3.63, 3.8) is 0 Å². The lowest BCUT2D eigenvalue weighted by Crippen LogP contribution is -2.51. The fourth-order valence-corrected chi connectivity index (χ4v) is 4.82. The third-order valence-electron chi connectivity index (χ3n) is 7.26. The molecule has 10 nitrogen and oxygen atoms in total. The number of amides is 2. The van der Waals surface area contributed by atoms with Gasteiger partial charge in [0.05, 0.1) is 18.7 Å². The molecule has 0 saturated heterocycles. The van der Waals surface area contributed by atoms with Gasteiger partial charge in [0.15, 0.2) is 0 Å². The number of nitrogens with zero attached hydrogens (tertiary/aromatic N) is 3. The van der Waals surface area contributed by atoms with Gasteiger partial charge in [-0.05, 0) is 72.1 Å². The quantitative estimate of drug-likeness (QED) is 0.215. The first-order valence-corrected chi connectivity index (χ1v) is 15.0. The fourth-order valence-electron chi connectivity index (χ4n) is 4.82. The number of alkyl carbamates (subject to hydrolysis) is 1. The zero-order valence-corrected chi connectivity index (χ0v) is 26.8. The van der Waals surface area contributed by atoms with Gasteiger partial charge >= 0.3 is 12.1 Å². The number of ether oxygens (including phenoxy) is 2. The van der Waals surface area contributed by atoms with E-state index < -0.39 is 28.8 Å². The SMILES string of the molecule is CCOC(=O)c1cnc(C(C)(CC)N(CCCNC(=O)OC(C)(C)C)C(=O)c2ccc(C)cc2)n(Cc2ccccc2)c1=O. The van der Waals surface area contributed by atoms with E-state index in [9.17, 15) is 19.2 Å². The van der Waals surface area contributed by atoms with Crippen LogP contribution >= 0.6 is 0 Å². The third-order valence-corrected chi connectivity index (χ3v) is 7.26. The molecule has 2 aromatic carbocycles. The number of carbonyl (C=O) groups is 3. The number of aryl methyl sites for hydroxylation is 1. The van der Waals surface area contributed by atoms with Gasteiger partial charge in [-0.2, -0.15) is 0 Å². The lowest BCUT2D eigenvalue weighted by atomic mass is 9.92. The molecular formula is C34H44N4O6.